The fourth-order valence-electron chi connectivity index (χ4n) is 3.70. The van der Waals surface area contributed by atoms with Gasteiger partial charge >= 0.3 is 12.1 Å². The molecular weight excluding hydrogens is 478 g/mol. The number of rotatable bonds is 7. The van der Waals surface area contributed by atoms with Crippen LogP contribution in [0.2, 0.25) is 10.2 Å². The summed E-state index contributed by atoms with van der Waals surface area (Å²) in [6.45, 7) is 1.25. The molecule has 2 N–H and O–H groups in total. The van der Waals surface area contributed by atoms with E-state index >= 15 is 0 Å². The number of carbonyl (C=O) groups is 1. The van der Waals surface area contributed by atoms with Crippen molar-refractivity contribution in [3.8, 4) is 11.1 Å². The molecule has 174 valence electrons. The lowest BCUT2D eigenvalue weighted by molar-refractivity contribution is -0.274. The molecule has 1 aromatic heterocycles. The molecule has 2 aromatic carbocycles. The summed E-state index contributed by atoms with van der Waals surface area (Å²) in [6, 6.07) is 13.8. The van der Waals surface area contributed by atoms with Crippen LogP contribution >= 0.6 is 23.2 Å². The van der Waals surface area contributed by atoms with Gasteiger partial charge in [0.1, 0.15) is 5.15 Å². The highest BCUT2D eigenvalue weighted by molar-refractivity contribution is 6.31. The molecule has 3 rings (SSSR count). The number of aliphatic hydroxyl groups is 1. The van der Waals surface area contributed by atoms with E-state index in [1.54, 1.807) is 30.3 Å². The molecule has 0 amide bonds. The average Bonchev–Trinajstić information content (AvgIpc) is 2.76. The predicted octanol–water partition coefficient (Wildman–Crippen LogP) is 6.63. The summed E-state index contributed by atoms with van der Waals surface area (Å²) in [5.41, 5.74) is -1.27. The Labute approximate surface area is 198 Å². The van der Waals surface area contributed by atoms with Gasteiger partial charge in [-0.15, -0.1) is 0 Å². The Balaban J connectivity index is 1.94. The van der Waals surface area contributed by atoms with E-state index in [0.717, 1.165) is 29.5 Å². The van der Waals surface area contributed by atoms with Gasteiger partial charge in [0.15, 0.2) is 5.60 Å². The van der Waals surface area contributed by atoms with Gasteiger partial charge in [0, 0.05) is 23.6 Å². The molecule has 9 heteroatoms. The molecule has 0 aliphatic rings. The van der Waals surface area contributed by atoms with Gasteiger partial charge < -0.3 is 10.2 Å². The molecule has 2 atom stereocenters. The SMILES string of the molecule is C[C@H](c1ccc(-c2ccc(CCC(=O)O)cc2)cc1Cl)[C@@](O)(c1ccnc(Cl)c1)C(F)(F)F. The van der Waals surface area contributed by atoms with Crippen molar-refractivity contribution in [2.45, 2.75) is 37.5 Å². The summed E-state index contributed by atoms with van der Waals surface area (Å²) in [5, 5.41) is 19.6. The number of carboxylic acids is 1. The fourth-order valence-corrected chi connectivity index (χ4v) is 4.21. The number of nitrogens with zero attached hydrogens (tertiary/aromatic N) is 1. The number of aromatic nitrogens is 1. The van der Waals surface area contributed by atoms with Crippen molar-refractivity contribution in [3.05, 3.63) is 87.7 Å². The summed E-state index contributed by atoms with van der Waals surface area (Å²) in [5.74, 6) is -2.33. The standard InChI is InChI=1S/C24H20Cl2F3NO3/c1-14(23(33,24(27,28)29)18-10-11-30-21(26)13-18)19-8-7-17(12-20(19)25)16-5-2-15(3-6-16)4-9-22(31)32/h2-3,5-8,10-14,33H,4,9H2,1H3,(H,31,32)/t14-,23-/m1/s1. The van der Waals surface area contributed by atoms with Crippen molar-refractivity contribution in [1.29, 1.82) is 0 Å². The zero-order chi connectivity index (χ0) is 24.4. The average molecular weight is 498 g/mol. The van der Waals surface area contributed by atoms with Crippen LogP contribution in [0.5, 0.6) is 0 Å². The van der Waals surface area contributed by atoms with Gasteiger partial charge in [-0.05, 0) is 52.4 Å². The first-order chi connectivity index (χ1) is 15.4. The van der Waals surface area contributed by atoms with Crippen LogP contribution in [0, 0.1) is 0 Å². The van der Waals surface area contributed by atoms with Crippen LogP contribution in [0.25, 0.3) is 11.1 Å². The molecule has 0 unspecified atom stereocenters. The summed E-state index contributed by atoms with van der Waals surface area (Å²) >= 11 is 12.2. The Morgan fingerprint density at radius 1 is 1.03 bits per heavy atom. The van der Waals surface area contributed by atoms with Crippen LogP contribution in [0.4, 0.5) is 13.2 Å². The molecule has 0 fully saturated rings. The Hall–Kier alpha value is -2.61. The Bertz CT molecular complexity index is 1150. The van der Waals surface area contributed by atoms with Gasteiger partial charge in [-0.25, -0.2) is 4.98 Å². The zero-order valence-electron chi connectivity index (χ0n) is 17.4. The lowest BCUT2D eigenvalue weighted by Crippen LogP contribution is -2.46. The number of aryl methyl sites for hydroxylation is 1. The number of hydrogen-bond acceptors (Lipinski definition) is 3. The lowest BCUT2D eigenvalue weighted by atomic mass is 9.77. The zero-order valence-corrected chi connectivity index (χ0v) is 18.9. The number of carboxylic acid groups (broad SMARTS) is 1. The molecule has 0 aliphatic heterocycles. The minimum absolute atomic E-state index is 0.0164. The third-order valence-corrected chi connectivity index (χ3v) is 6.14. The molecule has 0 radical (unpaired) electrons. The molecule has 33 heavy (non-hydrogen) atoms. The van der Waals surface area contributed by atoms with Crippen LogP contribution < -0.4 is 0 Å². The number of pyridine rings is 1. The second kappa shape index (κ2) is 9.71. The van der Waals surface area contributed by atoms with E-state index < -0.39 is 29.2 Å². The Morgan fingerprint density at radius 2 is 1.67 bits per heavy atom. The maximum Gasteiger partial charge on any atom is 0.422 e. The van der Waals surface area contributed by atoms with Gasteiger partial charge in [0.2, 0.25) is 0 Å². The van der Waals surface area contributed by atoms with Gasteiger partial charge in [-0.2, -0.15) is 13.2 Å². The Kier molecular flexibility index (Phi) is 7.36. The number of benzene rings is 2. The normalized spacial score (nSPS) is 14.5. The first-order valence-electron chi connectivity index (χ1n) is 9.95. The molecule has 0 aliphatic carbocycles. The van der Waals surface area contributed by atoms with Crippen LogP contribution in [0.3, 0.4) is 0 Å². The number of alkyl halides is 3. The third kappa shape index (κ3) is 5.32. The quantitative estimate of drug-likeness (QED) is 0.359. The smallest absolute Gasteiger partial charge is 0.422 e. The molecular formula is C24H20Cl2F3NO3. The van der Waals surface area contributed by atoms with E-state index in [2.05, 4.69) is 4.98 Å². The summed E-state index contributed by atoms with van der Waals surface area (Å²) in [4.78, 5) is 14.4. The van der Waals surface area contributed by atoms with Gasteiger partial charge in [-0.3, -0.25) is 4.79 Å². The second-order valence-electron chi connectivity index (χ2n) is 7.68. The van der Waals surface area contributed by atoms with Crippen molar-refractivity contribution in [1.82, 2.24) is 4.98 Å². The maximum absolute atomic E-state index is 14.1. The van der Waals surface area contributed by atoms with Crippen LogP contribution in [-0.4, -0.2) is 27.3 Å². The first-order valence-corrected chi connectivity index (χ1v) is 10.7. The van der Waals surface area contributed by atoms with E-state index in [9.17, 15) is 23.1 Å². The van der Waals surface area contributed by atoms with Crippen molar-refractivity contribution >= 4 is 29.2 Å². The number of hydrogen-bond donors (Lipinski definition) is 2. The summed E-state index contributed by atoms with van der Waals surface area (Å²) < 4.78 is 42.3. The fraction of sp³-hybridized carbons (Fsp3) is 0.250. The van der Waals surface area contributed by atoms with Crippen molar-refractivity contribution < 1.29 is 28.2 Å². The van der Waals surface area contributed by atoms with E-state index in [1.165, 1.54) is 19.1 Å². The van der Waals surface area contributed by atoms with Crippen LogP contribution in [0.15, 0.2) is 60.8 Å². The van der Waals surface area contributed by atoms with Crippen molar-refractivity contribution in [2.75, 3.05) is 0 Å². The predicted molar refractivity (Wildman–Crippen MR) is 120 cm³/mol. The van der Waals surface area contributed by atoms with E-state index in [1.807, 2.05) is 0 Å². The first kappa shape index (κ1) is 25.0. The van der Waals surface area contributed by atoms with Gasteiger partial charge in [-0.1, -0.05) is 66.5 Å². The number of aliphatic carboxylic acids is 1. The van der Waals surface area contributed by atoms with Gasteiger partial charge in [0.05, 0.1) is 0 Å². The van der Waals surface area contributed by atoms with Crippen LogP contribution in [0.1, 0.15) is 36.0 Å². The Morgan fingerprint density at radius 3 is 2.21 bits per heavy atom. The number of halogens is 5. The van der Waals surface area contributed by atoms with Gasteiger partial charge in [0.25, 0.3) is 0 Å². The molecule has 3 aromatic rings. The highest BCUT2D eigenvalue weighted by atomic mass is 35.5. The monoisotopic (exact) mass is 497 g/mol. The van der Waals surface area contributed by atoms with E-state index in [-0.39, 0.29) is 22.2 Å². The van der Waals surface area contributed by atoms with Crippen molar-refractivity contribution in [2.24, 2.45) is 0 Å². The third-order valence-electron chi connectivity index (χ3n) is 5.61. The second-order valence-corrected chi connectivity index (χ2v) is 8.47. The highest BCUT2D eigenvalue weighted by Crippen LogP contribution is 2.50. The molecule has 0 spiro atoms. The minimum atomic E-state index is -5.01. The summed E-state index contributed by atoms with van der Waals surface area (Å²) in [7, 11) is 0. The highest BCUT2D eigenvalue weighted by Gasteiger charge is 2.59. The molecule has 0 saturated heterocycles. The molecule has 1 heterocycles. The molecule has 0 bridgehead atoms. The maximum atomic E-state index is 14.1. The minimum Gasteiger partial charge on any atom is -0.481 e. The van der Waals surface area contributed by atoms with E-state index in [0.29, 0.717) is 12.0 Å². The largest absolute Gasteiger partial charge is 0.481 e. The van der Waals surface area contributed by atoms with E-state index in [4.69, 9.17) is 28.3 Å². The molecule has 0 saturated carbocycles. The lowest BCUT2D eigenvalue weighted by Gasteiger charge is -2.37. The topological polar surface area (TPSA) is 70.4 Å². The molecule has 4 nitrogen and oxygen atoms in total. The van der Waals surface area contributed by atoms with Crippen LogP contribution in [-0.2, 0) is 16.8 Å². The summed E-state index contributed by atoms with van der Waals surface area (Å²) in [6.07, 6.45) is -3.50. The van der Waals surface area contributed by atoms with Crippen molar-refractivity contribution in [3.63, 3.8) is 0 Å².